The maximum Gasteiger partial charge on any atom is 0.127 e. The third kappa shape index (κ3) is 2.54. The molecule has 2 atom stereocenters. The number of hydrogen-bond acceptors (Lipinski definition) is 3. The molecule has 2 aromatic rings. The molecule has 21 heavy (non-hydrogen) atoms. The minimum Gasteiger partial charge on any atom is -0.508 e. The first-order chi connectivity index (χ1) is 10.1. The zero-order chi connectivity index (χ0) is 15.0. The number of benzene rings is 1. The molecule has 1 N–H and O–H groups in total. The Balaban J connectivity index is 2.05. The van der Waals surface area contributed by atoms with E-state index in [0.29, 0.717) is 11.4 Å². The lowest BCUT2D eigenvalue weighted by Gasteiger charge is -2.29. The predicted molar refractivity (Wildman–Crippen MR) is 82.0 cm³/mol. The third-order valence-electron chi connectivity index (χ3n) is 4.23. The first-order valence-corrected chi connectivity index (χ1v) is 7.36. The number of fused-ring (bicyclic) bond motifs is 1. The van der Waals surface area contributed by atoms with Crippen molar-refractivity contribution in [3.63, 3.8) is 0 Å². The lowest BCUT2D eigenvalue weighted by molar-refractivity contribution is -0.109. The van der Waals surface area contributed by atoms with Gasteiger partial charge in [-0.1, -0.05) is 11.6 Å². The Morgan fingerprint density at radius 1 is 1.38 bits per heavy atom. The second-order valence-electron chi connectivity index (χ2n) is 5.57. The van der Waals surface area contributed by atoms with E-state index >= 15 is 0 Å². The fraction of sp³-hybridized carbons (Fsp3) is 0.294. The Labute approximate surface area is 128 Å². The summed E-state index contributed by atoms with van der Waals surface area (Å²) >= 11 is 6.04. The van der Waals surface area contributed by atoms with Crippen LogP contribution in [-0.2, 0) is 11.2 Å². The third-order valence-corrected chi connectivity index (χ3v) is 4.47. The number of aryl methyl sites for hydroxylation is 1. The van der Waals surface area contributed by atoms with Crippen molar-refractivity contribution in [2.75, 3.05) is 0 Å². The number of hydrogen-bond donors (Lipinski definition) is 1. The van der Waals surface area contributed by atoms with E-state index in [1.807, 2.05) is 13.0 Å². The van der Waals surface area contributed by atoms with E-state index in [4.69, 9.17) is 11.6 Å². The van der Waals surface area contributed by atoms with Crippen molar-refractivity contribution in [1.82, 2.24) is 4.98 Å². The molecular weight excluding hydrogens is 286 g/mol. The van der Waals surface area contributed by atoms with E-state index in [2.05, 4.69) is 4.98 Å². The van der Waals surface area contributed by atoms with Gasteiger partial charge in [0.2, 0.25) is 0 Å². The Bertz CT molecular complexity index is 699. The van der Waals surface area contributed by atoms with Gasteiger partial charge in [-0.05, 0) is 66.6 Å². The van der Waals surface area contributed by atoms with Crippen LogP contribution in [0.4, 0.5) is 0 Å². The summed E-state index contributed by atoms with van der Waals surface area (Å²) < 4.78 is 0. The van der Waals surface area contributed by atoms with Gasteiger partial charge in [-0.25, -0.2) is 0 Å². The molecule has 0 aliphatic heterocycles. The summed E-state index contributed by atoms with van der Waals surface area (Å²) in [5.74, 6) is 0.108. The number of aromatic nitrogens is 1. The summed E-state index contributed by atoms with van der Waals surface area (Å²) in [7, 11) is 0. The number of rotatable bonds is 2. The lowest BCUT2D eigenvalue weighted by atomic mass is 9.75. The summed E-state index contributed by atoms with van der Waals surface area (Å²) in [6.07, 6.45) is 4.16. The molecule has 108 valence electrons. The number of pyridine rings is 1. The smallest absolute Gasteiger partial charge is 0.127 e. The molecule has 1 heterocycles. The number of carbonyl (C=O) groups excluding carboxylic acids is 1. The topological polar surface area (TPSA) is 50.2 Å². The number of aromatic hydroxyl groups is 1. The Kier molecular flexibility index (Phi) is 3.68. The van der Waals surface area contributed by atoms with Crippen molar-refractivity contribution >= 4 is 17.9 Å². The first kappa shape index (κ1) is 14.1. The van der Waals surface area contributed by atoms with Gasteiger partial charge in [0.15, 0.2) is 0 Å². The highest BCUT2D eigenvalue weighted by molar-refractivity contribution is 6.30. The van der Waals surface area contributed by atoms with Gasteiger partial charge in [0.25, 0.3) is 0 Å². The molecule has 0 saturated carbocycles. The predicted octanol–water partition coefficient (Wildman–Crippen LogP) is 3.76. The summed E-state index contributed by atoms with van der Waals surface area (Å²) in [5.41, 5.74) is 3.89. The van der Waals surface area contributed by atoms with Gasteiger partial charge in [-0.2, -0.15) is 0 Å². The lowest BCUT2D eigenvalue weighted by Crippen LogP contribution is -2.20. The van der Waals surface area contributed by atoms with Crippen LogP contribution in [0.2, 0.25) is 5.02 Å². The molecule has 3 nitrogen and oxygen atoms in total. The normalized spacial score (nSPS) is 20.9. The van der Waals surface area contributed by atoms with Gasteiger partial charge in [-0.15, -0.1) is 0 Å². The van der Waals surface area contributed by atoms with Crippen molar-refractivity contribution in [3.05, 3.63) is 57.9 Å². The molecule has 3 rings (SSSR count). The monoisotopic (exact) mass is 301 g/mol. The molecule has 4 heteroatoms. The second kappa shape index (κ2) is 5.49. The van der Waals surface area contributed by atoms with E-state index in [-0.39, 0.29) is 17.6 Å². The molecular formula is C17H16ClNO2. The van der Waals surface area contributed by atoms with E-state index < -0.39 is 0 Å². The molecule has 2 unspecified atom stereocenters. The molecule has 0 amide bonds. The van der Waals surface area contributed by atoms with E-state index in [0.717, 1.165) is 35.1 Å². The van der Waals surface area contributed by atoms with Gasteiger partial charge in [0.05, 0.1) is 0 Å². The van der Waals surface area contributed by atoms with E-state index in [1.54, 1.807) is 24.4 Å². The number of phenols is 1. The van der Waals surface area contributed by atoms with Crippen LogP contribution in [0, 0.1) is 6.92 Å². The Morgan fingerprint density at radius 2 is 2.19 bits per heavy atom. The van der Waals surface area contributed by atoms with Gasteiger partial charge in [0, 0.05) is 22.8 Å². The highest BCUT2D eigenvalue weighted by Crippen LogP contribution is 2.42. The largest absolute Gasteiger partial charge is 0.508 e. The fourth-order valence-electron chi connectivity index (χ4n) is 3.25. The van der Waals surface area contributed by atoms with Gasteiger partial charge < -0.3 is 9.90 Å². The number of aldehydes is 1. The van der Waals surface area contributed by atoms with Gasteiger partial charge >= 0.3 is 0 Å². The molecule has 1 aliphatic rings. The maximum absolute atomic E-state index is 11.5. The van der Waals surface area contributed by atoms with Crippen LogP contribution in [0.3, 0.4) is 0 Å². The van der Waals surface area contributed by atoms with Crippen molar-refractivity contribution < 1.29 is 9.90 Å². The van der Waals surface area contributed by atoms with Crippen molar-refractivity contribution in [2.45, 2.75) is 31.6 Å². The number of phenolic OH excluding ortho intramolecular Hbond substituents is 1. The zero-order valence-electron chi connectivity index (χ0n) is 11.7. The highest BCUT2D eigenvalue weighted by atomic mass is 35.5. The zero-order valence-corrected chi connectivity index (χ0v) is 12.5. The minimum atomic E-state index is -0.175. The van der Waals surface area contributed by atoms with Crippen molar-refractivity contribution in [1.29, 1.82) is 0 Å². The molecule has 1 aromatic carbocycles. The van der Waals surface area contributed by atoms with Crippen LogP contribution >= 0.6 is 11.6 Å². The summed E-state index contributed by atoms with van der Waals surface area (Å²) in [4.78, 5) is 15.9. The molecule has 0 saturated heterocycles. The summed E-state index contributed by atoms with van der Waals surface area (Å²) in [6, 6.07) is 6.99. The van der Waals surface area contributed by atoms with Crippen LogP contribution in [0.25, 0.3) is 0 Å². The fourth-order valence-corrected chi connectivity index (χ4v) is 3.43. The van der Waals surface area contributed by atoms with Crippen molar-refractivity contribution in [3.8, 4) is 5.75 Å². The first-order valence-electron chi connectivity index (χ1n) is 6.98. The minimum absolute atomic E-state index is 0.0562. The average Bonchev–Trinajstić information content (AvgIpc) is 2.48. The molecule has 0 bridgehead atoms. The van der Waals surface area contributed by atoms with E-state index in [1.165, 1.54) is 0 Å². The molecule has 0 fully saturated rings. The van der Waals surface area contributed by atoms with Crippen LogP contribution in [0.15, 0.2) is 30.5 Å². The van der Waals surface area contributed by atoms with Crippen LogP contribution < -0.4 is 0 Å². The van der Waals surface area contributed by atoms with Gasteiger partial charge in [0.1, 0.15) is 12.0 Å². The molecule has 0 radical (unpaired) electrons. The standard InChI is InChI=1S/C17H16ClNO2/c1-10-4-5-19-15-7-11(6-12(9-20)17(10)15)14-8-13(18)2-3-16(14)21/h2-5,8-9,11-12,21H,6-7H2,1H3. The maximum atomic E-state index is 11.5. The molecule has 0 spiro atoms. The van der Waals surface area contributed by atoms with Crippen LogP contribution in [-0.4, -0.2) is 16.4 Å². The highest BCUT2D eigenvalue weighted by Gasteiger charge is 2.31. The number of nitrogens with zero attached hydrogens (tertiary/aromatic N) is 1. The number of carbonyl (C=O) groups is 1. The second-order valence-corrected chi connectivity index (χ2v) is 6.01. The van der Waals surface area contributed by atoms with Crippen LogP contribution in [0.1, 0.15) is 40.6 Å². The SMILES string of the molecule is Cc1ccnc2c1C(C=O)CC(c1cc(Cl)ccc1O)C2. The average molecular weight is 302 g/mol. The Morgan fingerprint density at radius 3 is 2.95 bits per heavy atom. The summed E-state index contributed by atoms with van der Waals surface area (Å²) in [6.45, 7) is 2.01. The molecule has 1 aliphatic carbocycles. The van der Waals surface area contributed by atoms with Gasteiger partial charge in [-0.3, -0.25) is 4.98 Å². The van der Waals surface area contributed by atoms with E-state index in [9.17, 15) is 9.90 Å². The summed E-state index contributed by atoms with van der Waals surface area (Å²) in [5, 5.41) is 10.7. The Hall–Kier alpha value is -1.87. The van der Waals surface area contributed by atoms with Crippen LogP contribution in [0.5, 0.6) is 5.75 Å². The quantitative estimate of drug-likeness (QED) is 0.859. The number of halogens is 1. The molecule has 1 aromatic heterocycles. The van der Waals surface area contributed by atoms with Crippen molar-refractivity contribution in [2.24, 2.45) is 0 Å².